The Morgan fingerprint density at radius 2 is 1.95 bits per heavy atom. The predicted octanol–water partition coefficient (Wildman–Crippen LogP) is 3.12. The van der Waals surface area contributed by atoms with Crippen LogP contribution < -0.4 is 9.47 Å². The molecule has 1 heterocycles. The van der Waals surface area contributed by atoms with Crippen molar-refractivity contribution in [2.75, 3.05) is 6.61 Å². The van der Waals surface area contributed by atoms with Crippen molar-refractivity contribution in [2.24, 2.45) is 0 Å². The molecule has 0 unspecified atom stereocenters. The van der Waals surface area contributed by atoms with Gasteiger partial charge in [-0.25, -0.2) is 9.78 Å². The monoisotopic (exact) mass is 283 g/mol. The molecule has 5 nitrogen and oxygen atoms in total. The van der Waals surface area contributed by atoms with Gasteiger partial charge in [-0.05, 0) is 24.3 Å². The number of carbonyl (C=O) groups is 1. The molecule has 0 bridgehead atoms. The second-order valence-electron chi connectivity index (χ2n) is 4.44. The highest BCUT2D eigenvalue weighted by Gasteiger charge is 2.09. The predicted molar refractivity (Wildman–Crippen MR) is 76.3 cm³/mol. The van der Waals surface area contributed by atoms with Crippen molar-refractivity contribution < 1.29 is 18.7 Å². The summed E-state index contributed by atoms with van der Waals surface area (Å²) in [5, 5.41) is 0. The fourth-order valence-corrected chi connectivity index (χ4v) is 1.91. The van der Waals surface area contributed by atoms with Gasteiger partial charge in [0.15, 0.2) is 18.1 Å². The minimum absolute atomic E-state index is 0.153. The molecular weight excluding hydrogens is 270 g/mol. The number of hydrogen-bond acceptors (Lipinski definition) is 5. The summed E-state index contributed by atoms with van der Waals surface area (Å²) in [7, 11) is 0. The Morgan fingerprint density at radius 1 is 1.14 bits per heavy atom. The maximum Gasteiger partial charge on any atom is 0.349 e. The highest BCUT2D eigenvalue weighted by Crippen LogP contribution is 2.21. The van der Waals surface area contributed by atoms with Crippen LogP contribution in [-0.2, 0) is 4.79 Å². The molecule has 0 atom stereocenters. The first-order valence-electron chi connectivity index (χ1n) is 6.46. The molecule has 106 valence electrons. The smallest absolute Gasteiger partial charge is 0.349 e. The molecule has 3 aromatic rings. The molecule has 0 amide bonds. The van der Waals surface area contributed by atoms with E-state index in [2.05, 4.69) is 4.98 Å². The van der Waals surface area contributed by atoms with E-state index in [1.54, 1.807) is 37.3 Å². The second-order valence-corrected chi connectivity index (χ2v) is 4.44. The van der Waals surface area contributed by atoms with Gasteiger partial charge in [0.1, 0.15) is 17.0 Å². The number of fused-ring (bicyclic) bond motifs is 1. The Balaban J connectivity index is 1.63. The van der Waals surface area contributed by atoms with Crippen LogP contribution in [-0.4, -0.2) is 17.6 Å². The minimum Gasteiger partial charge on any atom is -0.482 e. The first-order chi connectivity index (χ1) is 10.2. The van der Waals surface area contributed by atoms with E-state index in [0.29, 0.717) is 28.5 Å². The summed E-state index contributed by atoms with van der Waals surface area (Å²) >= 11 is 0. The average Bonchev–Trinajstić information content (AvgIpc) is 2.85. The molecule has 1 aromatic heterocycles. The number of para-hydroxylation sites is 1. The van der Waals surface area contributed by atoms with E-state index in [1.807, 2.05) is 18.2 Å². The zero-order valence-electron chi connectivity index (χ0n) is 11.4. The molecule has 2 aromatic carbocycles. The Kier molecular flexibility index (Phi) is 3.55. The van der Waals surface area contributed by atoms with Crippen molar-refractivity contribution in [1.29, 1.82) is 0 Å². The van der Waals surface area contributed by atoms with E-state index >= 15 is 0 Å². The van der Waals surface area contributed by atoms with Crippen molar-refractivity contribution in [3.8, 4) is 11.5 Å². The number of nitrogens with zero attached hydrogens (tertiary/aromatic N) is 1. The first-order valence-corrected chi connectivity index (χ1v) is 6.46. The minimum atomic E-state index is -0.474. The Labute approximate surface area is 121 Å². The van der Waals surface area contributed by atoms with Crippen LogP contribution in [0.25, 0.3) is 11.1 Å². The van der Waals surface area contributed by atoms with Crippen LogP contribution in [0, 0.1) is 6.92 Å². The maximum atomic E-state index is 11.7. The van der Waals surface area contributed by atoms with E-state index in [0.717, 1.165) is 0 Å². The van der Waals surface area contributed by atoms with Crippen LogP contribution in [0.5, 0.6) is 11.5 Å². The Hall–Kier alpha value is -2.82. The summed E-state index contributed by atoms with van der Waals surface area (Å²) in [6.45, 7) is 1.61. The van der Waals surface area contributed by atoms with Crippen LogP contribution in [0.2, 0.25) is 0 Å². The summed E-state index contributed by atoms with van der Waals surface area (Å²) in [5.41, 5.74) is 1.31. The molecular formula is C16H13NO4. The third-order valence-corrected chi connectivity index (χ3v) is 2.80. The van der Waals surface area contributed by atoms with Gasteiger partial charge >= 0.3 is 5.97 Å². The lowest BCUT2D eigenvalue weighted by Gasteiger charge is -2.06. The van der Waals surface area contributed by atoms with Crippen LogP contribution in [0.1, 0.15) is 5.89 Å². The van der Waals surface area contributed by atoms with E-state index in [1.165, 1.54) is 0 Å². The maximum absolute atomic E-state index is 11.7. The van der Waals surface area contributed by atoms with Gasteiger partial charge in [0, 0.05) is 13.0 Å². The summed E-state index contributed by atoms with van der Waals surface area (Å²) in [5.74, 6) is 1.13. The molecule has 0 N–H and O–H groups in total. The number of carbonyl (C=O) groups excluding carboxylic acids is 1. The fraction of sp³-hybridized carbons (Fsp3) is 0.125. The van der Waals surface area contributed by atoms with E-state index < -0.39 is 5.97 Å². The van der Waals surface area contributed by atoms with Crippen LogP contribution >= 0.6 is 0 Å². The lowest BCUT2D eigenvalue weighted by molar-refractivity contribution is -0.136. The number of oxazole rings is 1. The zero-order chi connectivity index (χ0) is 14.7. The molecule has 0 aliphatic carbocycles. The molecule has 0 fully saturated rings. The topological polar surface area (TPSA) is 61.6 Å². The van der Waals surface area contributed by atoms with Gasteiger partial charge in [0.05, 0.1) is 0 Å². The van der Waals surface area contributed by atoms with Crippen LogP contribution in [0.4, 0.5) is 0 Å². The number of hydrogen-bond donors (Lipinski definition) is 0. The number of aromatic nitrogens is 1. The van der Waals surface area contributed by atoms with Crippen molar-refractivity contribution >= 4 is 17.1 Å². The third-order valence-electron chi connectivity index (χ3n) is 2.80. The average molecular weight is 283 g/mol. The van der Waals surface area contributed by atoms with Crippen molar-refractivity contribution in [1.82, 2.24) is 4.98 Å². The SMILES string of the molecule is Cc1nc2cc(OC(=O)COc3ccccc3)ccc2o1. The molecule has 0 radical (unpaired) electrons. The standard InChI is InChI=1S/C16H13NO4/c1-11-17-14-9-13(7-8-15(14)20-11)21-16(18)10-19-12-5-3-2-4-6-12/h2-9H,10H2,1H3. The number of aryl methyl sites for hydroxylation is 1. The Bertz CT molecular complexity index is 764. The fourth-order valence-electron chi connectivity index (χ4n) is 1.91. The van der Waals surface area contributed by atoms with Gasteiger partial charge in [0.2, 0.25) is 0 Å². The molecule has 21 heavy (non-hydrogen) atoms. The highest BCUT2D eigenvalue weighted by molar-refractivity contribution is 5.78. The van der Waals surface area contributed by atoms with Gasteiger partial charge in [-0.3, -0.25) is 0 Å². The third kappa shape index (κ3) is 3.20. The van der Waals surface area contributed by atoms with Crippen molar-refractivity contribution in [2.45, 2.75) is 6.92 Å². The molecule has 0 saturated heterocycles. The lowest BCUT2D eigenvalue weighted by Crippen LogP contribution is -2.17. The van der Waals surface area contributed by atoms with E-state index in [9.17, 15) is 4.79 Å². The number of esters is 1. The molecule has 0 spiro atoms. The van der Waals surface area contributed by atoms with Crippen molar-refractivity contribution in [3.05, 3.63) is 54.4 Å². The normalized spacial score (nSPS) is 10.5. The van der Waals surface area contributed by atoms with Crippen molar-refractivity contribution in [3.63, 3.8) is 0 Å². The van der Waals surface area contributed by atoms with Gasteiger partial charge in [-0.1, -0.05) is 18.2 Å². The largest absolute Gasteiger partial charge is 0.482 e. The zero-order valence-corrected chi connectivity index (χ0v) is 11.4. The summed E-state index contributed by atoms with van der Waals surface area (Å²) in [6, 6.07) is 14.1. The molecule has 3 rings (SSSR count). The molecule has 0 aliphatic rings. The van der Waals surface area contributed by atoms with E-state index in [-0.39, 0.29) is 6.61 Å². The van der Waals surface area contributed by atoms with Gasteiger partial charge in [-0.2, -0.15) is 0 Å². The first kappa shape index (κ1) is 13.2. The number of ether oxygens (including phenoxy) is 2. The van der Waals surface area contributed by atoms with Gasteiger partial charge in [-0.15, -0.1) is 0 Å². The number of rotatable bonds is 4. The highest BCUT2D eigenvalue weighted by atomic mass is 16.6. The van der Waals surface area contributed by atoms with Gasteiger partial charge in [0.25, 0.3) is 0 Å². The second kappa shape index (κ2) is 5.66. The van der Waals surface area contributed by atoms with Gasteiger partial charge < -0.3 is 13.9 Å². The molecule has 5 heteroatoms. The summed E-state index contributed by atoms with van der Waals surface area (Å²) < 4.78 is 15.9. The molecule has 0 aliphatic heterocycles. The van der Waals surface area contributed by atoms with Crippen LogP contribution in [0.15, 0.2) is 52.9 Å². The number of benzene rings is 2. The molecule has 0 saturated carbocycles. The summed E-state index contributed by atoms with van der Waals surface area (Å²) in [4.78, 5) is 15.9. The Morgan fingerprint density at radius 3 is 2.76 bits per heavy atom. The quantitative estimate of drug-likeness (QED) is 0.544. The summed E-state index contributed by atoms with van der Waals surface area (Å²) in [6.07, 6.45) is 0. The van der Waals surface area contributed by atoms with Crippen LogP contribution in [0.3, 0.4) is 0 Å². The van der Waals surface area contributed by atoms with E-state index in [4.69, 9.17) is 13.9 Å². The lowest BCUT2D eigenvalue weighted by atomic mass is 10.3.